The minimum Gasteiger partial charge on any atom is -0.390 e. The van der Waals surface area contributed by atoms with E-state index in [9.17, 15) is 30.6 Å². The average Bonchev–Trinajstić information content (AvgIpc) is 2.72. The molecule has 6 fully saturated rings. The standard InChI is InChI=1S/2C12H20O3/c2*13-10-6-3-5-9-11(14)7-2-1-4-8(11)12(9,10)15/h2*8-10,13-15H,1-7H2/t2*8-,9+,10-,11-,12+/m00/s1. The predicted octanol–water partition coefficient (Wildman–Crippen LogP) is 1.63. The second kappa shape index (κ2) is 7.13. The Morgan fingerprint density at radius 1 is 0.433 bits per heavy atom. The topological polar surface area (TPSA) is 121 Å². The lowest BCUT2D eigenvalue weighted by Crippen LogP contribution is -2.79. The predicted molar refractivity (Wildman–Crippen MR) is 110 cm³/mol. The zero-order chi connectivity index (χ0) is 21.4. The summed E-state index contributed by atoms with van der Waals surface area (Å²) in [5.74, 6) is -0.281. The first-order valence-electron chi connectivity index (χ1n) is 12.5. The fourth-order valence-electron chi connectivity index (χ4n) is 8.94. The van der Waals surface area contributed by atoms with Gasteiger partial charge in [0.2, 0.25) is 0 Å². The van der Waals surface area contributed by atoms with E-state index in [2.05, 4.69) is 0 Å². The van der Waals surface area contributed by atoms with Crippen molar-refractivity contribution in [3.63, 3.8) is 0 Å². The summed E-state index contributed by atoms with van der Waals surface area (Å²) in [7, 11) is 0. The summed E-state index contributed by atoms with van der Waals surface area (Å²) in [6, 6.07) is 0. The van der Waals surface area contributed by atoms with Gasteiger partial charge in [-0.2, -0.15) is 0 Å². The van der Waals surface area contributed by atoms with Crippen molar-refractivity contribution in [2.75, 3.05) is 0 Å². The van der Waals surface area contributed by atoms with Crippen LogP contribution in [0.15, 0.2) is 0 Å². The summed E-state index contributed by atoms with van der Waals surface area (Å²) in [5.41, 5.74) is -3.25. The van der Waals surface area contributed by atoms with Crippen LogP contribution < -0.4 is 0 Å². The van der Waals surface area contributed by atoms with Gasteiger partial charge in [-0.3, -0.25) is 0 Å². The van der Waals surface area contributed by atoms with Crippen molar-refractivity contribution in [2.24, 2.45) is 23.7 Å². The first-order chi connectivity index (χ1) is 14.2. The minimum absolute atomic E-state index is 0.0703. The summed E-state index contributed by atoms with van der Waals surface area (Å²) in [5, 5.41) is 62.1. The molecule has 30 heavy (non-hydrogen) atoms. The van der Waals surface area contributed by atoms with Crippen molar-refractivity contribution >= 4 is 0 Å². The second-order valence-corrected chi connectivity index (χ2v) is 11.4. The summed E-state index contributed by atoms with van der Waals surface area (Å²) in [6.45, 7) is 0. The average molecular weight is 425 g/mol. The van der Waals surface area contributed by atoms with Gasteiger partial charge in [0.1, 0.15) is 11.2 Å². The monoisotopic (exact) mass is 424 g/mol. The number of hydrogen-bond acceptors (Lipinski definition) is 6. The van der Waals surface area contributed by atoms with Crippen LogP contribution in [0, 0.1) is 23.7 Å². The molecular formula is C24H40O6. The quantitative estimate of drug-likeness (QED) is 0.352. The molecule has 0 saturated heterocycles. The van der Waals surface area contributed by atoms with E-state index < -0.39 is 34.6 Å². The Balaban J connectivity index is 0.000000128. The smallest absolute Gasteiger partial charge is 0.102 e. The molecule has 0 aromatic carbocycles. The largest absolute Gasteiger partial charge is 0.390 e. The molecule has 0 aliphatic heterocycles. The van der Waals surface area contributed by atoms with E-state index in [1.165, 1.54) is 0 Å². The molecule has 0 aromatic heterocycles. The van der Waals surface area contributed by atoms with Crippen molar-refractivity contribution in [1.82, 2.24) is 0 Å². The Bertz CT molecular complexity index is 588. The maximum Gasteiger partial charge on any atom is 0.102 e. The Morgan fingerprint density at radius 3 is 1.13 bits per heavy atom. The lowest BCUT2D eigenvalue weighted by atomic mass is 9.42. The molecule has 0 aromatic rings. The second-order valence-electron chi connectivity index (χ2n) is 11.4. The van der Waals surface area contributed by atoms with Gasteiger partial charge in [0, 0.05) is 23.7 Å². The van der Waals surface area contributed by atoms with Crippen molar-refractivity contribution in [3.05, 3.63) is 0 Å². The summed E-state index contributed by atoms with van der Waals surface area (Å²) >= 11 is 0. The van der Waals surface area contributed by atoms with Gasteiger partial charge in [0.05, 0.1) is 23.4 Å². The molecular weight excluding hydrogens is 384 g/mol. The van der Waals surface area contributed by atoms with Crippen molar-refractivity contribution in [3.8, 4) is 0 Å². The zero-order valence-corrected chi connectivity index (χ0v) is 18.0. The van der Waals surface area contributed by atoms with Crippen LogP contribution in [0.5, 0.6) is 0 Å². The maximum atomic E-state index is 10.5. The molecule has 10 atom stereocenters. The Kier molecular flexibility index (Phi) is 5.13. The third-order valence-electron chi connectivity index (χ3n) is 10.3. The van der Waals surface area contributed by atoms with E-state index in [0.717, 1.165) is 77.0 Å². The highest BCUT2D eigenvalue weighted by Crippen LogP contribution is 2.64. The Hall–Kier alpha value is -0.240. The van der Waals surface area contributed by atoms with E-state index in [1.807, 2.05) is 0 Å². The van der Waals surface area contributed by atoms with Crippen LogP contribution in [0.1, 0.15) is 89.9 Å². The molecule has 6 aliphatic carbocycles. The molecule has 6 N–H and O–H groups in total. The molecule has 6 rings (SSSR count). The lowest BCUT2D eigenvalue weighted by molar-refractivity contribution is -0.344. The number of fused-ring (bicyclic) bond motifs is 8. The molecule has 0 spiro atoms. The van der Waals surface area contributed by atoms with Crippen LogP contribution in [0.2, 0.25) is 0 Å². The highest BCUT2D eigenvalue weighted by Gasteiger charge is 2.73. The molecule has 0 unspecified atom stereocenters. The molecule has 6 saturated carbocycles. The van der Waals surface area contributed by atoms with Gasteiger partial charge in [0.25, 0.3) is 0 Å². The van der Waals surface area contributed by atoms with Crippen molar-refractivity contribution in [2.45, 2.75) is 125 Å². The van der Waals surface area contributed by atoms with E-state index in [0.29, 0.717) is 12.8 Å². The number of aliphatic hydroxyl groups excluding tert-OH is 2. The number of hydrogen-bond donors (Lipinski definition) is 6. The molecule has 6 aliphatic rings. The first-order valence-corrected chi connectivity index (χ1v) is 12.5. The van der Waals surface area contributed by atoms with Crippen LogP contribution in [-0.2, 0) is 0 Å². The van der Waals surface area contributed by atoms with Crippen LogP contribution >= 0.6 is 0 Å². The minimum atomic E-state index is -0.965. The molecule has 6 nitrogen and oxygen atoms in total. The van der Waals surface area contributed by atoms with Crippen LogP contribution in [0.25, 0.3) is 0 Å². The van der Waals surface area contributed by atoms with Crippen molar-refractivity contribution < 1.29 is 30.6 Å². The molecule has 0 radical (unpaired) electrons. The van der Waals surface area contributed by atoms with E-state index in [1.54, 1.807) is 0 Å². The summed E-state index contributed by atoms with van der Waals surface area (Å²) < 4.78 is 0. The molecule has 172 valence electrons. The van der Waals surface area contributed by atoms with Crippen LogP contribution in [0.4, 0.5) is 0 Å². The van der Waals surface area contributed by atoms with Gasteiger partial charge in [-0.25, -0.2) is 0 Å². The van der Waals surface area contributed by atoms with Gasteiger partial charge in [0.15, 0.2) is 0 Å². The summed E-state index contributed by atoms with van der Waals surface area (Å²) in [6.07, 6.45) is 11.5. The lowest BCUT2D eigenvalue weighted by Gasteiger charge is -2.68. The normalized spacial score (nSPS) is 59.0. The maximum absolute atomic E-state index is 10.5. The Labute approximate surface area is 179 Å². The van der Waals surface area contributed by atoms with Gasteiger partial charge in [-0.15, -0.1) is 0 Å². The van der Waals surface area contributed by atoms with E-state index >= 15 is 0 Å². The zero-order valence-electron chi connectivity index (χ0n) is 18.0. The van der Waals surface area contributed by atoms with Crippen molar-refractivity contribution in [1.29, 1.82) is 0 Å². The van der Waals surface area contributed by atoms with Crippen LogP contribution in [-0.4, -0.2) is 65.3 Å². The fraction of sp³-hybridized carbons (Fsp3) is 1.00. The first kappa shape index (κ1) is 21.6. The van der Waals surface area contributed by atoms with Crippen LogP contribution in [0.3, 0.4) is 0 Å². The SMILES string of the molecule is O[C@H]1CCC[C@@H]2[C@]3(O)CCCC[C@@H]3[C@@]21O.O[C@H]1CCC[C@@H]2[C@]3(O)CCCC[C@@H]3[C@@]21O. The highest BCUT2D eigenvalue weighted by atomic mass is 16.4. The van der Waals surface area contributed by atoms with E-state index in [-0.39, 0.29) is 23.7 Å². The Morgan fingerprint density at radius 2 is 0.767 bits per heavy atom. The highest BCUT2D eigenvalue weighted by molar-refractivity contribution is 5.24. The van der Waals surface area contributed by atoms with E-state index in [4.69, 9.17) is 0 Å². The third-order valence-corrected chi connectivity index (χ3v) is 10.3. The third kappa shape index (κ3) is 2.58. The number of aliphatic hydroxyl groups is 6. The molecule has 0 bridgehead atoms. The molecule has 6 heteroatoms. The molecule has 0 amide bonds. The fourth-order valence-corrected chi connectivity index (χ4v) is 8.94. The molecule has 0 heterocycles. The number of rotatable bonds is 0. The van der Waals surface area contributed by atoms with Gasteiger partial charge in [-0.05, 0) is 51.4 Å². The summed E-state index contributed by atoms with van der Waals surface area (Å²) in [4.78, 5) is 0. The van der Waals surface area contributed by atoms with Gasteiger partial charge < -0.3 is 30.6 Å². The van der Waals surface area contributed by atoms with Gasteiger partial charge >= 0.3 is 0 Å². The van der Waals surface area contributed by atoms with Gasteiger partial charge in [-0.1, -0.05) is 38.5 Å².